The fraction of sp³-hybridized carbons (Fsp3) is 0.100. The summed E-state index contributed by atoms with van der Waals surface area (Å²) in [6.45, 7) is 4.04. The van der Waals surface area contributed by atoms with Gasteiger partial charge in [0.15, 0.2) is 0 Å². The lowest BCUT2D eigenvalue weighted by Gasteiger charge is -2.09. The van der Waals surface area contributed by atoms with Gasteiger partial charge in [-0.1, -0.05) is 18.2 Å². The summed E-state index contributed by atoms with van der Waals surface area (Å²) in [6, 6.07) is 13.8. The van der Waals surface area contributed by atoms with Crippen molar-refractivity contribution in [2.45, 2.75) is 13.8 Å². The fourth-order valence-corrected chi connectivity index (χ4v) is 3.35. The van der Waals surface area contributed by atoms with E-state index in [9.17, 15) is 4.79 Å². The van der Waals surface area contributed by atoms with Crippen molar-refractivity contribution >= 4 is 28.6 Å². The predicted molar refractivity (Wildman–Crippen MR) is 102 cm³/mol. The first-order valence-corrected chi connectivity index (χ1v) is 8.89. The topological polar surface area (TPSA) is 46.4 Å². The SMILES string of the molecule is Cc1ccn2cc(-c3ccc(C)c(NC(=O)c4cccs4)c3)nc2c1. The van der Waals surface area contributed by atoms with Crippen molar-refractivity contribution in [3.63, 3.8) is 0 Å². The Kier molecular flexibility index (Phi) is 3.86. The third-order valence-corrected chi connectivity index (χ3v) is 5.01. The highest BCUT2D eigenvalue weighted by atomic mass is 32.1. The molecule has 0 bridgehead atoms. The monoisotopic (exact) mass is 347 g/mol. The minimum absolute atomic E-state index is 0.0825. The number of rotatable bonds is 3. The van der Waals surface area contributed by atoms with Gasteiger partial charge in [-0.2, -0.15) is 0 Å². The second-order valence-corrected chi connectivity index (χ2v) is 7.00. The molecule has 1 amide bonds. The number of carbonyl (C=O) groups is 1. The summed E-state index contributed by atoms with van der Waals surface area (Å²) in [5, 5.41) is 4.90. The van der Waals surface area contributed by atoms with Crippen LogP contribution < -0.4 is 5.32 Å². The van der Waals surface area contributed by atoms with E-state index in [1.165, 1.54) is 16.9 Å². The molecule has 0 radical (unpaired) electrons. The summed E-state index contributed by atoms with van der Waals surface area (Å²) in [4.78, 5) is 17.7. The first-order valence-electron chi connectivity index (χ1n) is 8.01. The molecule has 0 aliphatic rings. The van der Waals surface area contributed by atoms with E-state index in [1.54, 1.807) is 0 Å². The molecule has 0 saturated heterocycles. The van der Waals surface area contributed by atoms with E-state index in [-0.39, 0.29) is 5.91 Å². The summed E-state index contributed by atoms with van der Waals surface area (Å²) in [7, 11) is 0. The smallest absolute Gasteiger partial charge is 0.265 e. The third-order valence-electron chi connectivity index (χ3n) is 4.14. The van der Waals surface area contributed by atoms with Crippen molar-refractivity contribution in [2.24, 2.45) is 0 Å². The van der Waals surface area contributed by atoms with Crippen molar-refractivity contribution in [2.75, 3.05) is 5.32 Å². The summed E-state index contributed by atoms with van der Waals surface area (Å²) >= 11 is 1.43. The molecule has 0 fully saturated rings. The predicted octanol–water partition coefficient (Wildman–Crippen LogP) is 4.93. The number of benzene rings is 1. The second kappa shape index (κ2) is 6.18. The Labute approximate surface area is 149 Å². The minimum atomic E-state index is -0.0825. The number of hydrogen-bond acceptors (Lipinski definition) is 3. The molecular formula is C20H17N3OS. The minimum Gasteiger partial charge on any atom is -0.321 e. The van der Waals surface area contributed by atoms with Gasteiger partial charge in [-0.25, -0.2) is 4.98 Å². The molecule has 3 heterocycles. The van der Waals surface area contributed by atoms with Crippen LogP contribution in [0.2, 0.25) is 0 Å². The summed E-state index contributed by atoms with van der Waals surface area (Å²) < 4.78 is 2.01. The van der Waals surface area contributed by atoms with Gasteiger partial charge < -0.3 is 9.72 Å². The number of anilines is 1. The van der Waals surface area contributed by atoms with Crippen LogP contribution in [0.4, 0.5) is 5.69 Å². The van der Waals surface area contributed by atoms with Gasteiger partial charge in [0, 0.05) is 23.6 Å². The lowest BCUT2D eigenvalue weighted by Crippen LogP contribution is -2.11. The molecule has 0 aliphatic carbocycles. The molecule has 124 valence electrons. The van der Waals surface area contributed by atoms with Gasteiger partial charge in [-0.3, -0.25) is 4.79 Å². The van der Waals surface area contributed by atoms with Crippen LogP contribution in [0.15, 0.2) is 60.2 Å². The average Bonchev–Trinajstić information content (AvgIpc) is 3.25. The zero-order valence-corrected chi connectivity index (χ0v) is 14.8. The lowest BCUT2D eigenvalue weighted by molar-refractivity contribution is 0.103. The van der Waals surface area contributed by atoms with Crippen LogP contribution in [0.5, 0.6) is 0 Å². The number of hydrogen-bond donors (Lipinski definition) is 1. The van der Waals surface area contributed by atoms with E-state index in [1.807, 2.05) is 59.4 Å². The van der Waals surface area contributed by atoms with Crippen molar-refractivity contribution < 1.29 is 4.79 Å². The number of aryl methyl sites for hydroxylation is 2. The van der Waals surface area contributed by atoms with Gasteiger partial charge in [0.1, 0.15) is 5.65 Å². The number of nitrogens with zero attached hydrogens (tertiary/aromatic N) is 2. The molecular weight excluding hydrogens is 330 g/mol. The maximum absolute atomic E-state index is 12.3. The molecule has 4 rings (SSSR count). The fourth-order valence-electron chi connectivity index (χ4n) is 2.73. The Balaban J connectivity index is 1.69. The largest absolute Gasteiger partial charge is 0.321 e. The molecule has 4 aromatic rings. The highest BCUT2D eigenvalue weighted by Gasteiger charge is 2.11. The molecule has 0 unspecified atom stereocenters. The van der Waals surface area contributed by atoms with E-state index < -0.39 is 0 Å². The Bertz CT molecular complexity index is 1060. The van der Waals surface area contributed by atoms with E-state index >= 15 is 0 Å². The first-order chi connectivity index (χ1) is 12.1. The number of thiophene rings is 1. The van der Waals surface area contributed by atoms with Gasteiger partial charge in [0.05, 0.1) is 10.6 Å². The summed E-state index contributed by atoms with van der Waals surface area (Å²) in [5.74, 6) is -0.0825. The summed E-state index contributed by atoms with van der Waals surface area (Å²) in [5.41, 5.74) is 5.79. The van der Waals surface area contributed by atoms with E-state index in [2.05, 4.69) is 24.4 Å². The van der Waals surface area contributed by atoms with Crippen molar-refractivity contribution in [3.05, 3.63) is 76.2 Å². The van der Waals surface area contributed by atoms with Crippen molar-refractivity contribution in [3.8, 4) is 11.3 Å². The van der Waals surface area contributed by atoms with E-state index in [4.69, 9.17) is 4.98 Å². The number of imidazole rings is 1. The molecule has 3 aromatic heterocycles. The summed E-state index contributed by atoms with van der Waals surface area (Å²) in [6.07, 6.45) is 4.01. The highest BCUT2D eigenvalue weighted by Crippen LogP contribution is 2.26. The number of fused-ring (bicyclic) bond motifs is 1. The second-order valence-electron chi connectivity index (χ2n) is 6.06. The maximum Gasteiger partial charge on any atom is 0.265 e. The molecule has 5 heteroatoms. The molecule has 0 aliphatic heterocycles. The molecule has 1 N–H and O–H groups in total. The third kappa shape index (κ3) is 3.06. The quantitative estimate of drug-likeness (QED) is 0.571. The van der Waals surface area contributed by atoms with Crippen molar-refractivity contribution in [1.82, 2.24) is 9.38 Å². The Morgan fingerprint density at radius 3 is 2.84 bits per heavy atom. The molecule has 0 saturated carbocycles. The van der Waals surface area contributed by atoms with Crippen LogP contribution >= 0.6 is 11.3 Å². The lowest BCUT2D eigenvalue weighted by atomic mass is 10.1. The number of carbonyl (C=O) groups excluding carboxylic acids is 1. The van der Waals surface area contributed by atoms with Crippen LogP contribution in [0.3, 0.4) is 0 Å². The molecule has 0 spiro atoms. The van der Waals surface area contributed by atoms with Crippen LogP contribution in [-0.2, 0) is 0 Å². The Hall–Kier alpha value is -2.92. The molecule has 4 nitrogen and oxygen atoms in total. The van der Waals surface area contributed by atoms with Crippen LogP contribution in [0.1, 0.15) is 20.8 Å². The van der Waals surface area contributed by atoms with Crippen LogP contribution in [-0.4, -0.2) is 15.3 Å². The number of aromatic nitrogens is 2. The van der Waals surface area contributed by atoms with Gasteiger partial charge in [-0.05, 0) is 54.6 Å². The number of nitrogens with one attached hydrogen (secondary N) is 1. The average molecular weight is 347 g/mol. The van der Waals surface area contributed by atoms with Crippen molar-refractivity contribution in [1.29, 1.82) is 0 Å². The highest BCUT2D eigenvalue weighted by molar-refractivity contribution is 7.12. The number of amides is 1. The first kappa shape index (κ1) is 15.6. The Morgan fingerprint density at radius 1 is 1.16 bits per heavy atom. The standard InChI is InChI=1S/C20H17N3OS/c1-13-7-8-23-12-17(21-19(23)10-13)15-6-5-14(2)16(11-15)22-20(24)18-4-3-9-25-18/h3-12H,1-2H3,(H,22,24). The zero-order chi connectivity index (χ0) is 17.4. The van der Waals surface area contributed by atoms with Crippen LogP contribution in [0.25, 0.3) is 16.9 Å². The normalized spacial score (nSPS) is 11.0. The van der Waals surface area contributed by atoms with E-state index in [0.717, 1.165) is 28.2 Å². The van der Waals surface area contributed by atoms with Crippen LogP contribution in [0, 0.1) is 13.8 Å². The maximum atomic E-state index is 12.3. The van der Waals surface area contributed by atoms with Gasteiger partial charge in [0.25, 0.3) is 5.91 Å². The zero-order valence-electron chi connectivity index (χ0n) is 14.0. The van der Waals surface area contributed by atoms with Gasteiger partial charge in [0.2, 0.25) is 0 Å². The number of pyridine rings is 1. The van der Waals surface area contributed by atoms with Gasteiger partial charge >= 0.3 is 0 Å². The van der Waals surface area contributed by atoms with E-state index in [0.29, 0.717) is 4.88 Å². The molecule has 1 aromatic carbocycles. The molecule has 0 atom stereocenters. The Morgan fingerprint density at radius 2 is 2.04 bits per heavy atom. The van der Waals surface area contributed by atoms with Gasteiger partial charge in [-0.15, -0.1) is 11.3 Å². The molecule has 25 heavy (non-hydrogen) atoms.